The minimum absolute atomic E-state index is 0.0431. The maximum atomic E-state index is 14.9. The summed E-state index contributed by atoms with van der Waals surface area (Å²) in [7, 11) is 0. The van der Waals surface area contributed by atoms with Crippen molar-refractivity contribution in [3.63, 3.8) is 0 Å². The SMILES string of the molecule is [N-]=[N+]=Nc1ccccc1[C@H]1OC(c2ccc(OCCCO)cc2)=N[C@@]1(Cc1ccc(Br)cc1)C(=O)NCc1ccccc1Sc1ccccc1. The third-order valence-corrected chi connectivity index (χ3v) is 9.83. The summed E-state index contributed by atoms with van der Waals surface area (Å²) in [5, 5.41) is 16.3. The number of aliphatic hydroxyl groups is 1. The number of ether oxygens (including phenoxy) is 2. The Morgan fingerprint density at radius 2 is 1.68 bits per heavy atom. The molecule has 0 saturated heterocycles. The van der Waals surface area contributed by atoms with Crippen molar-refractivity contribution in [2.45, 2.75) is 40.8 Å². The zero-order valence-electron chi connectivity index (χ0n) is 27.0. The van der Waals surface area contributed by atoms with Crippen LogP contribution in [0.25, 0.3) is 10.4 Å². The van der Waals surface area contributed by atoms with Crippen molar-refractivity contribution in [1.82, 2.24) is 5.32 Å². The van der Waals surface area contributed by atoms with Gasteiger partial charge in [-0.25, -0.2) is 4.99 Å². The predicted octanol–water partition coefficient (Wildman–Crippen LogP) is 9.12. The lowest BCUT2D eigenvalue weighted by Gasteiger charge is -2.31. The van der Waals surface area contributed by atoms with E-state index >= 15 is 0 Å². The van der Waals surface area contributed by atoms with Crippen molar-refractivity contribution in [3.05, 3.63) is 165 Å². The molecule has 0 bridgehead atoms. The number of halogens is 1. The lowest BCUT2D eigenvalue weighted by Crippen LogP contribution is -2.49. The molecule has 1 aliphatic rings. The van der Waals surface area contributed by atoms with Gasteiger partial charge in [0.15, 0.2) is 11.6 Å². The largest absolute Gasteiger partial charge is 0.494 e. The molecule has 0 unspecified atom stereocenters. The maximum Gasteiger partial charge on any atom is 0.252 e. The first kappa shape index (κ1) is 34.8. The number of azide groups is 1. The summed E-state index contributed by atoms with van der Waals surface area (Å²) in [6.07, 6.45) is -0.210. The molecule has 50 heavy (non-hydrogen) atoms. The Morgan fingerprint density at radius 3 is 2.44 bits per heavy atom. The van der Waals surface area contributed by atoms with Crippen LogP contribution in [0.4, 0.5) is 5.69 Å². The highest BCUT2D eigenvalue weighted by atomic mass is 79.9. The Bertz CT molecular complexity index is 2000. The Morgan fingerprint density at radius 1 is 0.960 bits per heavy atom. The zero-order valence-corrected chi connectivity index (χ0v) is 29.4. The predicted molar refractivity (Wildman–Crippen MR) is 199 cm³/mol. The van der Waals surface area contributed by atoms with Crippen LogP contribution in [0, 0.1) is 0 Å². The van der Waals surface area contributed by atoms with Gasteiger partial charge in [0.05, 0.1) is 6.61 Å². The number of aliphatic imine (C=N–C) groups is 1. The minimum atomic E-state index is -1.48. The number of carbonyl (C=O) groups is 1. The summed E-state index contributed by atoms with van der Waals surface area (Å²) in [5.41, 5.74) is 11.3. The molecule has 1 heterocycles. The van der Waals surface area contributed by atoms with Gasteiger partial charge in [0.25, 0.3) is 5.91 Å². The van der Waals surface area contributed by atoms with E-state index in [0.29, 0.717) is 35.6 Å². The van der Waals surface area contributed by atoms with Gasteiger partial charge in [-0.05, 0) is 71.3 Å². The number of amides is 1. The highest BCUT2D eigenvalue weighted by molar-refractivity contribution is 9.10. The van der Waals surface area contributed by atoms with Gasteiger partial charge < -0.3 is 19.9 Å². The molecule has 1 aliphatic heterocycles. The fourth-order valence-corrected chi connectivity index (χ4v) is 6.94. The maximum absolute atomic E-state index is 14.9. The van der Waals surface area contributed by atoms with Gasteiger partial charge in [0, 0.05) is 62.0 Å². The number of nitrogens with one attached hydrogen (secondary N) is 1. The molecule has 9 nitrogen and oxygen atoms in total. The Hall–Kier alpha value is -5.06. The van der Waals surface area contributed by atoms with Crippen molar-refractivity contribution in [2.24, 2.45) is 10.1 Å². The van der Waals surface area contributed by atoms with Gasteiger partial charge in [0.1, 0.15) is 5.75 Å². The van der Waals surface area contributed by atoms with E-state index in [9.17, 15) is 10.3 Å². The number of benzene rings is 5. The molecule has 6 rings (SSSR count). The van der Waals surface area contributed by atoms with Gasteiger partial charge >= 0.3 is 0 Å². The van der Waals surface area contributed by atoms with Crippen LogP contribution in [0.1, 0.15) is 34.8 Å². The van der Waals surface area contributed by atoms with Crippen LogP contribution < -0.4 is 10.1 Å². The average molecular weight is 749 g/mol. The number of hydrogen-bond donors (Lipinski definition) is 2. The molecule has 2 N–H and O–H groups in total. The topological polar surface area (TPSA) is 129 Å². The molecule has 0 fully saturated rings. The summed E-state index contributed by atoms with van der Waals surface area (Å²) < 4.78 is 13.3. The number of aliphatic hydroxyl groups excluding tert-OH is 1. The second-order valence-corrected chi connectivity index (χ2v) is 13.6. The molecule has 0 spiro atoms. The standard InChI is InChI=1S/C39H34BrN5O4S/c40-30-19-15-27(16-20-30)25-39(38(47)42-26-29-9-4-7-14-35(29)50-32-10-2-1-3-11-32)36(33-12-5-6-13-34(33)44-45-41)49-37(43-39)28-17-21-31(22-18-28)48-24-8-23-46/h1-7,9-22,36,46H,8,23-26H2,(H,42,47)/t36-,39-/m1/s1. The number of rotatable bonds is 14. The van der Waals surface area contributed by atoms with E-state index in [0.717, 1.165) is 25.4 Å². The second kappa shape index (κ2) is 16.6. The molecule has 5 aromatic rings. The average Bonchev–Trinajstić information content (AvgIpc) is 3.53. The molecule has 0 aliphatic carbocycles. The van der Waals surface area contributed by atoms with Crippen molar-refractivity contribution >= 4 is 45.2 Å². The zero-order chi connectivity index (χ0) is 34.8. The van der Waals surface area contributed by atoms with Gasteiger partial charge in [-0.15, -0.1) is 0 Å². The highest BCUT2D eigenvalue weighted by Gasteiger charge is 2.53. The first-order valence-electron chi connectivity index (χ1n) is 16.1. The summed E-state index contributed by atoms with van der Waals surface area (Å²) in [6.45, 7) is 0.683. The fourth-order valence-electron chi connectivity index (χ4n) is 5.71. The molecule has 11 heteroatoms. The molecular formula is C39H34BrN5O4S. The van der Waals surface area contributed by atoms with E-state index < -0.39 is 11.6 Å². The third kappa shape index (κ3) is 8.21. The fraction of sp³-hybridized carbons (Fsp3) is 0.179. The molecular weight excluding hydrogens is 714 g/mol. The van der Waals surface area contributed by atoms with Gasteiger partial charge in [-0.3, -0.25) is 4.79 Å². The highest BCUT2D eigenvalue weighted by Crippen LogP contribution is 2.45. The molecule has 1 amide bonds. The number of nitrogens with zero attached hydrogens (tertiary/aromatic N) is 4. The normalized spacial score (nSPS) is 16.5. The quantitative estimate of drug-likeness (QED) is 0.0507. The number of carbonyl (C=O) groups excluding carboxylic acids is 1. The van der Waals surface area contributed by atoms with Gasteiger partial charge in [-0.1, -0.05) is 106 Å². The van der Waals surface area contributed by atoms with Crippen LogP contribution in [0.5, 0.6) is 5.75 Å². The third-order valence-electron chi connectivity index (χ3n) is 8.17. The van der Waals surface area contributed by atoms with E-state index in [-0.39, 0.29) is 31.4 Å². The van der Waals surface area contributed by atoms with Crippen molar-refractivity contribution < 1.29 is 19.4 Å². The molecule has 5 aromatic carbocycles. The van der Waals surface area contributed by atoms with Crippen LogP contribution in [-0.4, -0.2) is 35.7 Å². The van der Waals surface area contributed by atoms with Gasteiger partial charge in [-0.2, -0.15) is 0 Å². The minimum Gasteiger partial charge on any atom is -0.494 e. The first-order valence-corrected chi connectivity index (χ1v) is 17.7. The van der Waals surface area contributed by atoms with Crippen LogP contribution in [0.3, 0.4) is 0 Å². The Kier molecular flexibility index (Phi) is 11.5. The van der Waals surface area contributed by atoms with Crippen molar-refractivity contribution in [1.29, 1.82) is 0 Å². The van der Waals surface area contributed by atoms with Crippen molar-refractivity contribution in [2.75, 3.05) is 13.2 Å². The van der Waals surface area contributed by atoms with Crippen LogP contribution in [0.15, 0.2) is 152 Å². The van der Waals surface area contributed by atoms with E-state index in [1.54, 1.807) is 42.1 Å². The first-order chi connectivity index (χ1) is 24.5. The number of hydrogen-bond acceptors (Lipinski definition) is 7. The van der Waals surface area contributed by atoms with E-state index in [1.165, 1.54) is 0 Å². The second-order valence-electron chi connectivity index (χ2n) is 11.5. The lowest BCUT2D eigenvalue weighted by molar-refractivity contribution is -0.129. The van der Waals surface area contributed by atoms with Gasteiger partial charge in [0.2, 0.25) is 5.90 Å². The van der Waals surface area contributed by atoms with Crippen molar-refractivity contribution in [3.8, 4) is 5.75 Å². The van der Waals surface area contributed by atoms with Crippen LogP contribution >= 0.6 is 27.7 Å². The Labute approximate surface area is 303 Å². The van der Waals surface area contributed by atoms with E-state index in [4.69, 9.17) is 19.6 Å². The summed E-state index contributed by atoms with van der Waals surface area (Å²) >= 11 is 5.15. The molecule has 0 saturated carbocycles. The van der Waals surface area contributed by atoms with Crippen LogP contribution in [0.2, 0.25) is 0 Å². The van der Waals surface area contributed by atoms with E-state index in [2.05, 4.69) is 43.4 Å². The molecule has 2 atom stereocenters. The molecule has 0 aromatic heterocycles. The summed E-state index contributed by atoms with van der Waals surface area (Å²) in [4.78, 5) is 25.2. The smallest absolute Gasteiger partial charge is 0.252 e. The molecule has 0 radical (unpaired) electrons. The molecule has 252 valence electrons. The lowest BCUT2D eigenvalue weighted by atomic mass is 9.81. The van der Waals surface area contributed by atoms with E-state index in [1.807, 2.05) is 84.9 Å². The summed E-state index contributed by atoms with van der Waals surface area (Å²) in [6, 6.07) is 40.2. The van der Waals surface area contributed by atoms with Crippen LogP contribution in [-0.2, 0) is 22.5 Å². The Balaban J connectivity index is 1.41. The summed E-state index contributed by atoms with van der Waals surface area (Å²) in [5.74, 6) is 0.580. The monoisotopic (exact) mass is 747 g/mol.